The van der Waals surface area contributed by atoms with Crippen molar-refractivity contribution in [2.75, 3.05) is 12.0 Å². The molecular weight excluding hydrogens is 252 g/mol. The van der Waals surface area contributed by atoms with Gasteiger partial charge in [0.1, 0.15) is 5.69 Å². The fourth-order valence-electron chi connectivity index (χ4n) is 1.59. The second-order valence-corrected chi connectivity index (χ2v) is 4.53. The number of hydrogen-bond donors (Lipinski definition) is 1. The van der Waals surface area contributed by atoms with Crippen molar-refractivity contribution in [1.29, 1.82) is 0 Å². The summed E-state index contributed by atoms with van der Waals surface area (Å²) in [6.45, 7) is 0.624. The maximum Gasteiger partial charge on any atom is 0.358 e. The third-order valence-corrected chi connectivity index (χ3v) is 2.99. The molecule has 0 spiro atoms. The number of carboxylic acids is 1. The van der Waals surface area contributed by atoms with Crippen molar-refractivity contribution >= 4 is 17.7 Å². The van der Waals surface area contributed by atoms with E-state index < -0.39 is 5.97 Å². The van der Waals surface area contributed by atoms with Crippen LogP contribution in [0.25, 0.3) is 11.3 Å². The summed E-state index contributed by atoms with van der Waals surface area (Å²) in [5.41, 5.74) is 1.26. The van der Waals surface area contributed by atoms with Gasteiger partial charge in [0.2, 0.25) is 0 Å². The summed E-state index contributed by atoms with van der Waals surface area (Å²) in [5.74, 6) is -0.224. The smallest absolute Gasteiger partial charge is 0.358 e. The first-order valence-corrected chi connectivity index (χ1v) is 6.69. The fourth-order valence-corrected chi connectivity index (χ4v) is 1.94. The number of carbonyl (C=O) groups is 1. The molecule has 0 aliphatic heterocycles. The van der Waals surface area contributed by atoms with Gasteiger partial charge < -0.3 is 5.11 Å². The van der Waals surface area contributed by atoms with Crippen LogP contribution >= 0.6 is 11.8 Å². The molecule has 2 rings (SSSR count). The van der Waals surface area contributed by atoms with E-state index in [0.29, 0.717) is 12.2 Å². The van der Waals surface area contributed by atoms with E-state index in [1.807, 2.05) is 6.26 Å². The second-order valence-electron chi connectivity index (χ2n) is 3.54. The maximum atomic E-state index is 11.1. The van der Waals surface area contributed by atoms with Crippen LogP contribution in [0.5, 0.6) is 0 Å². The molecular formula is C11H12N4O2S. The van der Waals surface area contributed by atoms with Crippen LogP contribution in [0.2, 0.25) is 0 Å². The Labute approximate surface area is 108 Å². The molecule has 0 radical (unpaired) electrons. The van der Waals surface area contributed by atoms with Gasteiger partial charge >= 0.3 is 5.97 Å². The first-order chi connectivity index (χ1) is 8.74. The third-order valence-electron chi connectivity index (χ3n) is 2.40. The number of aryl methyl sites for hydroxylation is 1. The highest BCUT2D eigenvalue weighted by atomic mass is 32.2. The van der Waals surface area contributed by atoms with Gasteiger partial charge in [-0.25, -0.2) is 9.48 Å². The van der Waals surface area contributed by atoms with Crippen molar-refractivity contribution < 1.29 is 9.90 Å². The van der Waals surface area contributed by atoms with Crippen LogP contribution in [0.4, 0.5) is 0 Å². The predicted molar refractivity (Wildman–Crippen MR) is 68.6 cm³/mol. The lowest BCUT2D eigenvalue weighted by Crippen LogP contribution is -2.06. The maximum absolute atomic E-state index is 11.1. The molecule has 0 aliphatic carbocycles. The Morgan fingerprint density at radius 1 is 1.44 bits per heavy atom. The highest BCUT2D eigenvalue weighted by Crippen LogP contribution is 2.21. The van der Waals surface area contributed by atoms with Crippen molar-refractivity contribution in [3.05, 3.63) is 30.2 Å². The highest BCUT2D eigenvalue weighted by molar-refractivity contribution is 7.98. The molecule has 0 amide bonds. The third kappa shape index (κ3) is 2.51. The van der Waals surface area contributed by atoms with E-state index in [9.17, 15) is 4.79 Å². The van der Waals surface area contributed by atoms with Gasteiger partial charge in [-0.3, -0.25) is 4.98 Å². The minimum Gasteiger partial charge on any atom is -0.476 e. The molecule has 0 fully saturated rings. The molecule has 2 aromatic rings. The van der Waals surface area contributed by atoms with Gasteiger partial charge in [0.15, 0.2) is 5.69 Å². The van der Waals surface area contributed by atoms with Crippen molar-refractivity contribution in [2.24, 2.45) is 0 Å². The molecule has 0 saturated carbocycles. The molecule has 2 heterocycles. The van der Waals surface area contributed by atoms with Crippen LogP contribution in [0.15, 0.2) is 24.5 Å². The summed E-state index contributed by atoms with van der Waals surface area (Å²) < 4.78 is 1.62. The molecule has 0 aromatic carbocycles. The number of aromatic carboxylic acids is 1. The highest BCUT2D eigenvalue weighted by Gasteiger charge is 2.20. The Kier molecular flexibility index (Phi) is 3.93. The number of nitrogens with zero attached hydrogens (tertiary/aromatic N) is 4. The number of carboxylic acid groups (broad SMARTS) is 1. The van der Waals surface area contributed by atoms with Gasteiger partial charge in [0, 0.05) is 23.7 Å². The molecule has 0 atom stereocenters. The number of thioether (sulfide) groups is 1. The lowest BCUT2D eigenvalue weighted by Gasteiger charge is -2.05. The monoisotopic (exact) mass is 264 g/mol. The number of aromatic nitrogens is 4. The summed E-state index contributed by atoms with van der Waals surface area (Å²) in [6.07, 6.45) is 5.22. The van der Waals surface area contributed by atoms with E-state index in [4.69, 9.17) is 5.11 Å². The van der Waals surface area contributed by atoms with E-state index in [-0.39, 0.29) is 5.69 Å². The van der Waals surface area contributed by atoms with E-state index in [1.165, 1.54) is 0 Å². The Bertz CT molecular complexity index is 541. The molecule has 0 saturated heterocycles. The average Bonchev–Trinajstić information content (AvgIpc) is 2.81. The zero-order valence-electron chi connectivity index (χ0n) is 9.78. The summed E-state index contributed by atoms with van der Waals surface area (Å²) in [7, 11) is 0. The quantitative estimate of drug-likeness (QED) is 0.879. The normalized spacial score (nSPS) is 10.5. The first kappa shape index (κ1) is 12.6. The van der Waals surface area contributed by atoms with E-state index in [1.54, 1.807) is 41.0 Å². The van der Waals surface area contributed by atoms with Gasteiger partial charge in [-0.15, -0.1) is 5.10 Å². The zero-order valence-corrected chi connectivity index (χ0v) is 10.6. The van der Waals surface area contributed by atoms with Gasteiger partial charge in [-0.1, -0.05) is 5.21 Å². The van der Waals surface area contributed by atoms with Crippen LogP contribution in [0, 0.1) is 0 Å². The molecule has 0 unspecified atom stereocenters. The summed E-state index contributed by atoms with van der Waals surface area (Å²) in [6, 6.07) is 3.50. The van der Waals surface area contributed by atoms with Crippen LogP contribution in [0.1, 0.15) is 10.5 Å². The SMILES string of the molecule is CSCCn1nnc(C(=O)O)c1-c1ccncc1. The number of hydrogen-bond acceptors (Lipinski definition) is 5. The van der Waals surface area contributed by atoms with Crippen LogP contribution in [-0.2, 0) is 6.54 Å². The molecule has 6 nitrogen and oxygen atoms in total. The Balaban J connectivity index is 2.47. The topological polar surface area (TPSA) is 80.9 Å². The lowest BCUT2D eigenvalue weighted by molar-refractivity contribution is 0.0691. The largest absolute Gasteiger partial charge is 0.476 e. The van der Waals surface area contributed by atoms with E-state index >= 15 is 0 Å². The average molecular weight is 264 g/mol. The van der Waals surface area contributed by atoms with Crippen molar-refractivity contribution in [3.63, 3.8) is 0 Å². The van der Waals surface area contributed by atoms with Gasteiger partial charge in [-0.05, 0) is 18.4 Å². The Hall–Kier alpha value is -1.89. The van der Waals surface area contributed by atoms with Crippen molar-refractivity contribution in [2.45, 2.75) is 6.54 Å². The number of rotatable bonds is 5. The number of pyridine rings is 1. The zero-order chi connectivity index (χ0) is 13.0. The fraction of sp³-hybridized carbons (Fsp3) is 0.273. The second kappa shape index (κ2) is 5.63. The van der Waals surface area contributed by atoms with Gasteiger partial charge in [0.25, 0.3) is 0 Å². The molecule has 1 N–H and O–H groups in total. The predicted octanol–water partition coefficient (Wildman–Crippen LogP) is 1.40. The molecule has 0 aliphatic rings. The van der Waals surface area contributed by atoms with E-state index in [0.717, 1.165) is 11.3 Å². The summed E-state index contributed by atoms with van der Waals surface area (Å²) in [4.78, 5) is 15.1. The molecule has 0 bridgehead atoms. The van der Waals surface area contributed by atoms with Gasteiger partial charge in [0.05, 0.1) is 6.54 Å². The molecule has 94 valence electrons. The first-order valence-electron chi connectivity index (χ1n) is 5.30. The lowest BCUT2D eigenvalue weighted by atomic mass is 10.1. The Morgan fingerprint density at radius 2 is 2.17 bits per heavy atom. The molecule has 18 heavy (non-hydrogen) atoms. The Morgan fingerprint density at radius 3 is 2.78 bits per heavy atom. The summed E-state index contributed by atoms with van der Waals surface area (Å²) in [5, 5.41) is 16.8. The van der Waals surface area contributed by atoms with Crippen molar-refractivity contribution in [3.8, 4) is 11.3 Å². The van der Waals surface area contributed by atoms with E-state index in [2.05, 4.69) is 15.3 Å². The van der Waals surface area contributed by atoms with Crippen LogP contribution in [-0.4, -0.2) is 43.1 Å². The standard InChI is InChI=1S/C11H12N4O2S/c1-18-7-6-15-10(8-2-4-12-5-3-8)9(11(16)17)13-14-15/h2-5H,6-7H2,1H3,(H,16,17). The minimum absolute atomic E-state index is 0.0256. The van der Waals surface area contributed by atoms with Gasteiger partial charge in [-0.2, -0.15) is 11.8 Å². The molecule has 2 aromatic heterocycles. The van der Waals surface area contributed by atoms with Crippen LogP contribution in [0.3, 0.4) is 0 Å². The van der Waals surface area contributed by atoms with Crippen LogP contribution < -0.4 is 0 Å². The summed E-state index contributed by atoms with van der Waals surface area (Å²) >= 11 is 1.67. The molecule has 7 heteroatoms. The minimum atomic E-state index is -1.07. The van der Waals surface area contributed by atoms with Crippen molar-refractivity contribution in [1.82, 2.24) is 20.0 Å².